The summed E-state index contributed by atoms with van der Waals surface area (Å²) in [5.74, 6) is 1.27. The molecule has 1 unspecified atom stereocenters. The Balaban J connectivity index is 1.40. The van der Waals surface area contributed by atoms with Crippen molar-refractivity contribution >= 4 is 29.6 Å². The van der Waals surface area contributed by atoms with Gasteiger partial charge < -0.3 is 14.2 Å². The number of benzene rings is 1. The van der Waals surface area contributed by atoms with Gasteiger partial charge >= 0.3 is 12.0 Å². The van der Waals surface area contributed by atoms with Crippen LogP contribution in [0.1, 0.15) is 30.2 Å². The zero-order valence-corrected chi connectivity index (χ0v) is 18.9. The van der Waals surface area contributed by atoms with Gasteiger partial charge in [-0.05, 0) is 43.9 Å². The lowest BCUT2D eigenvalue weighted by Crippen LogP contribution is -2.42. The van der Waals surface area contributed by atoms with Crippen LogP contribution in [0.5, 0.6) is 11.8 Å². The predicted octanol–water partition coefficient (Wildman–Crippen LogP) is 5.48. The van der Waals surface area contributed by atoms with E-state index >= 15 is 0 Å². The molecule has 3 aromatic rings. The lowest BCUT2D eigenvalue weighted by Gasteiger charge is -2.33. The number of halogens is 1. The molecule has 9 heteroatoms. The molecular formula is C23H24ClN5O3. The topological polar surface area (TPSA) is 93.4 Å². The number of amides is 2. The van der Waals surface area contributed by atoms with Crippen LogP contribution in [0.25, 0.3) is 6.08 Å². The fourth-order valence-electron chi connectivity index (χ4n) is 3.50. The average molecular weight is 454 g/mol. The molecule has 4 rings (SSSR count). The van der Waals surface area contributed by atoms with Gasteiger partial charge in [-0.15, -0.1) is 0 Å². The van der Waals surface area contributed by atoms with Crippen LogP contribution < -0.4 is 10.1 Å². The summed E-state index contributed by atoms with van der Waals surface area (Å²) < 4.78 is 10.9. The summed E-state index contributed by atoms with van der Waals surface area (Å²) in [6.07, 6.45) is 5.92. The largest absolute Gasteiger partial charge is 0.424 e. The third-order valence-electron chi connectivity index (χ3n) is 5.48. The van der Waals surface area contributed by atoms with E-state index in [1.807, 2.05) is 38.1 Å². The van der Waals surface area contributed by atoms with Gasteiger partial charge in [0.15, 0.2) is 0 Å². The smallest absolute Gasteiger partial charge is 0.324 e. The number of carbonyl (C=O) groups excluding carboxylic acids is 1. The fraction of sp³-hybridized carbons (Fsp3) is 0.304. The van der Waals surface area contributed by atoms with Gasteiger partial charge in [0.05, 0.1) is 23.1 Å². The Morgan fingerprint density at radius 1 is 1.31 bits per heavy atom. The normalized spacial score (nSPS) is 17.4. The summed E-state index contributed by atoms with van der Waals surface area (Å²) in [6, 6.07) is 7.79. The molecule has 0 radical (unpaired) electrons. The lowest BCUT2D eigenvalue weighted by atomic mass is 9.91. The summed E-state index contributed by atoms with van der Waals surface area (Å²) in [5, 5.41) is 7.16. The molecule has 2 amide bonds. The molecule has 1 aliphatic rings. The number of ether oxygens (including phenoxy) is 1. The maximum absolute atomic E-state index is 12.6. The molecule has 1 aliphatic heterocycles. The molecule has 166 valence electrons. The van der Waals surface area contributed by atoms with Crippen LogP contribution in [0.3, 0.4) is 0 Å². The Morgan fingerprint density at radius 2 is 2.09 bits per heavy atom. The summed E-state index contributed by atoms with van der Waals surface area (Å²) in [5.41, 5.74) is 3.91. The lowest BCUT2D eigenvalue weighted by molar-refractivity contribution is 0.197. The zero-order valence-electron chi connectivity index (χ0n) is 18.1. The molecule has 0 spiro atoms. The minimum Gasteiger partial charge on any atom is -0.424 e. The van der Waals surface area contributed by atoms with Crippen molar-refractivity contribution in [2.75, 3.05) is 18.4 Å². The highest BCUT2D eigenvalue weighted by Gasteiger charge is 2.25. The first-order valence-corrected chi connectivity index (χ1v) is 10.7. The molecule has 1 aromatic carbocycles. The van der Waals surface area contributed by atoms with Gasteiger partial charge in [-0.1, -0.05) is 47.5 Å². The number of nitrogens with zero attached hydrogens (tertiary/aromatic N) is 4. The Labute approximate surface area is 191 Å². The minimum atomic E-state index is -0.173. The molecule has 0 bridgehead atoms. The first kappa shape index (κ1) is 21.8. The van der Waals surface area contributed by atoms with Crippen LogP contribution in [0.2, 0.25) is 5.02 Å². The molecule has 32 heavy (non-hydrogen) atoms. The molecule has 0 aliphatic carbocycles. The Kier molecular flexibility index (Phi) is 6.41. The van der Waals surface area contributed by atoms with E-state index in [4.69, 9.17) is 20.9 Å². The second-order valence-electron chi connectivity index (χ2n) is 7.83. The maximum atomic E-state index is 12.6. The maximum Gasteiger partial charge on any atom is 0.324 e. The first-order valence-electron chi connectivity index (χ1n) is 10.3. The van der Waals surface area contributed by atoms with Crippen LogP contribution >= 0.6 is 11.6 Å². The van der Waals surface area contributed by atoms with Crippen molar-refractivity contribution < 1.29 is 14.1 Å². The molecule has 0 saturated carbocycles. The third-order valence-corrected chi connectivity index (χ3v) is 5.67. The van der Waals surface area contributed by atoms with Crippen LogP contribution in [0.4, 0.5) is 10.7 Å². The van der Waals surface area contributed by atoms with Gasteiger partial charge in [0.1, 0.15) is 5.75 Å². The molecular weight excluding hydrogens is 430 g/mol. The molecule has 1 fully saturated rings. The number of rotatable bonds is 4. The second kappa shape index (κ2) is 9.40. The van der Waals surface area contributed by atoms with Crippen molar-refractivity contribution in [2.24, 2.45) is 5.92 Å². The summed E-state index contributed by atoms with van der Waals surface area (Å²) >= 11 is 5.82. The minimum absolute atomic E-state index is 0.173. The average Bonchev–Trinajstić information content (AvgIpc) is 3.09. The Hall–Kier alpha value is -3.39. The van der Waals surface area contributed by atoms with E-state index in [9.17, 15) is 4.79 Å². The van der Waals surface area contributed by atoms with E-state index in [1.165, 1.54) is 18.0 Å². The van der Waals surface area contributed by atoms with E-state index in [0.29, 0.717) is 29.7 Å². The number of piperidine rings is 1. The van der Waals surface area contributed by atoms with Crippen LogP contribution in [0, 0.1) is 19.8 Å². The molecule has 3 heterocycles. The van der Waals surface area contributed by atoms with Crippen molar-refractivity contribution in [2.45, 2.75) is 27.2 Å². The van der Waals surface area contributed by atoms with Crippen LogP contribution in [0.15, 0.2) is 46.8 Å². The highest BCUT2D eigenvalue weighted by molar-refractivity contribution is 6.30. The Morgan fingerprint density at radius 3 is 2.78 bits per heavy atom. The third kappa shape index (κ3) is 5.08. The molecule has 1 saturated heterocycles. The van der Waals surface area contributed by atoms with Crippen molar-refractivity contribution in [3.8, 4) is 11.8 Å². The van der Waals surface area contributed by atoms with Gasteiger partial charge in [-0.2, -0.15) is 0 Å². The van der Waals surface area contributed by atoms with Gasteiger partial charge in [0, 0.05) is 18.7 Å². The highest BCUT2D eigenvalue weighted by atomic mass is 35.5. The number of nitrogens with one attached hydrogen (secondary N) is 1. The standard InChI is InChI=1S/C23H24ClN5O3/c1-14-13-29(23(30)27-21-15(2)16(3)28-32-21)8-7-18(14)9-17-5-4-6-20(10-17)31-22-25-11-19(24)12-26-22/h4-6,9-12,14H,7-8,13H2,1-3H3,(H,27,30). The number of urea groups is 1. The zero-order chi connectivity index (χ0) is 22.7. The fourth-order valence-corrected chi connectivity index (χ4v) is 3.59. The van der Waals surface area contributed by atoms with Crippen molar-refractivity contribution in [3.05, 3.63) is 64.1 Å². The summed E-state index contributed by atoms with van der Waals surface area (Å²) in [4.78, 5) is 22.6. The summed E-state index contributed by atoms with van der Waals surface area (Å²) in [7, 11) is 0. The monoisotopic (exact) mass is 453 g/mol. The molecule has 8 nitrogen and oxygen atoms in total. The van der Waals surface area contributed by atoms with E-state index in [2.05, 4.69) is 33.4 Å². The molecule has 2 aromatic heterocycles. The van der Waals surface area contributed by atoms with Crippen molar-refractivity contribution in [1.82, 2.24) is 20.0 Å². The Bertz CT molecular complexity index is 1140. The van der Waals surface area contributed by atoms with Gasteiger partial charge in [-0.25, -0.2) is 14.8 Å². The molecule has 1 atom stereocenters. The number of hydrogen-bond acceptors (Lipinski definition) is 6. The number of aryl methyl sites for hydroxylation is 1. The quantitative estimate of drug-likeness (QED) is 0.561. The van der Waals surface area contributed by atoms with Gasteiger partial charge in [-0.3, -0.25) is 5.32 Å². The van der Waals surface area contributed by atoms with Crippen molar-refractivity contribution in [3.63, 3.8) is 0 Å². The number of aromatic nitrogens is 3. The number of likely N-dealkylation sites (tertiary alicyclic amines) is 1. The highest BCUT2D eigenvalue weighted by Crippen LogP contribution is 2.28. The summed E-state index contributed by atoms with van der Waals surface area (Å²) in [6.45, 7) is 7.09. The molecule has 1 N–H and O–H groups in total. The number of anilines is 1. The van der Waals surface area contributed by atoms with E-state index in [1.54, 1.807) is 4.90 Å². The predicted molar refractivity (Wildman–Crippen MR) is 122 cm³/mol. The second-order valence-corrected chi connectivity index (χ2v) is 8.26. The van der Waals surface area contributed by atoms with E-state index in [-0.39, 0.29) is 18.0 Å². The van der Waals surface area contributed by atoms with E-state index in [0.717, 1.165) is 23.2 Å². The van der Waals surface area contributed by atoms with Gasteiger partial charge in [0.2, 0.25) is 5.88 Å². The SMILES string of the molecule is Cc1noc(NC(=O)N2CCC(=Cc3cccc(Oc4ncc(Cl)cn4)c3)C(C)C2)c1C. The van der Waals surface area contributed by atoms with Gasteiger partial charge in [0.25, 0.3) is 0 Å². The van der Waals surface area contributed by atoms with Crippen LogP contribution in [-0.4, -0.2) is 39.1 Å². The van der Waals surface area contributed by atoms with Crippen LogP contribution in [-0.2, 0) is 0 Å². The van der Waals surface area contributed by atoms with Crippen molar-refractivity contribution in [1.29, 1.82) is 0 Å². The first-order chi connectivity index (χ1) is 15.4. The number of hydrogen-bond donors (Lipinski definition) is 1. The number of carbonyl (C=O) groups is 1. The van der Waals surface area contributed by atoms with E-state index < -0.39 is 0 Å².